The van der Waals surface area contributed by atoms with Crippen molar-refractivity contribution in [3.63, 3.8) is 0 Å². The molecule has 0 radical (unpaired) electrons. The predicted molar refractivity (Wildman–Crippen MR) is 83.9 cm³/mol. The van der Waals surface area contributed by atoms with Crippen molar-refractivity contribution in [3.8, 4) is 28.1 Å². The highest BCUT2D eigenvalue weighted by Gasteiger charge is 2.11. The topological polar surface area (TPSA) is 61.0 Å². The zero-order valence-corrected chi connectivity index (χ0v) is 11.7. The van der Waals surface area contributed by atoms with Crippen LogP contribution in [0, 0.1) is 0 Å². The minimum Gasteiger partial charge on any atom is -0.491 e. The number of methoxy groups -OCH3 is 1. The lowest BCUT2D eigenvalue weighted by atomic mass is 10.0. The molecule has 0 saturated carbocycles. The van der Waals surface area contributed by atoms with Crippen molar-refractivity contribution in [1.82, 2.24) is 9.97 Å². The number of hydrogen-bond donors (Lipinski definition) is 1. The van der Waals surface area contributed by atoms with Crippen molar-refractivity contribution in [2.45, 2.75) is 0 Å². The molecule has 0 aliphatic heterocycles. The zero-order chi connectivity index (χ0) is 14.7. The molecular weight excluding hydrogens is 262 g/mol. The van der Waals surface area contributed by atoms with Gasteiger partial charge in [-0.25, -0.2) is 9.97 Å². The van der Waals surface area contributed by atoms with Crippen LogP contribution in [-0.2, 0) is 0 Å². The summed E-state index contributed by atoms with van der Waals surface area (Å²) >= 11 is 0. The van der Waals surface area contributed by atoms with Crippen LogP contribution < -0.4 is 10.5 Å². The van der Waals surface area contributed by atoms with Gasteiger partial charge in [0.15, 0.2) is 11.6 Å². The Morgan fingerprint density at radius 3 is 2.10 bits per heavy atom. The van der Waals surface area contributed by atoms with Gasteiger partial charge in [-0.3, -0.25) is 0 Å². The molecular formula is C17H15N3O. The van der Waals surface area contributed by atoms with Crippen LogP contribution in [-0.4, -0.2) is 17.1 Å². The first kappa shape index (κ1) is 13.1. The second-order valence-corrected chi connectivity index (χ2v) is 4.58. The average molecular weight is 277 g/mol. The van der Waals surface area contributed by atoms with E-state index < -0.39 is 0 Å². The van der Waals surface area contributed by atoms with Crippen LogP contribution in [0.3, 0.4) is 0 Å². The fraction of sp³-hybridized carbons (Fsp3) is 0.0588. The van der Waals surface area contributed by atoms with Crippen LogP contribution in [0.5, 0.6) is 5.75 Å². The third-order valence-corrected chi connectivity index (χ3v) is 3.30. The second kappa shape index (κ2) is 5.63. The summed E-state index contributed by atoms with van der Waals surface area (Å²) in [5, 5.41) is 0. The standard InChI is InChI=1S/C17H15N3O/c1-21-16-15(19-11-20-17(16)18)14-9-7-13(8-10-14)12-5-3-2-4-6-12/h2-11H,1H3,(H2,18,19,20). The van der Waals surface area contributed by atoms with Gasteiger partial charge in [0.05, 0.1) is 7.11 Å². The van der Waals surface area contributed by atoms with Gasteiger partial charge >= 0.3 is 0 Å². The smallest absolute Gasteiger partial charge is 0.187 e. The molecule has 0 amide bonds. The number of nitrogens with two attached hydrogens (primary N) is 1. The van der Waals surface area contributed by atoms with E-state index in [0.29, 0.717) is 17.3 Å². The van der Waals surface area contributed by atoms with Crippen molar-refractivity contribution < 1.29 is 4.74 Å². The number of hydrogen-bond acceptors (Lipinski definition) is 4. The Kier molecular flexibility index (Phi) is 3.51. The van der Waals surface area contributed by atoms with E-state index in [1.54, 1.807) is 7.11 Å². The first-order valence-electron chi connectivity index (χ1n) is 6.60. The molecule has 0 unspecified atom stereocenters. The Balaban J connectivity index is 2.01. The Hall–Kier alpha value is -2.88. The SMILES string of the molecule is COc1c(N)ncnc1-c1ccc(-c2ccccc2)cc1. The van der Waals surface area contributed by atoms with Gasteiger partial charge in [-0.2, -0.15) is 0 Å². The highest BCUT2D eigenvalue weighted by molar-refractivity contribution is 5.74. The Morgan fingerprint density at radius 1 is 0.810 bits per heavy atom. The van der Waals surface area contributed by atoms with Gasteiger partial charge < -0.3 is 10.5 Å². The molecule has 3 aromatic rings. The molecule has 3 rings (SSSR count). The van der Waals surface area contributed by atoms with E-state index in [4.69, 9.17) is 10.5 Å². The van der Waals surface area contributed by atoms with Gasteiger partial charge in [-0.15, -0.1) is 0 Å². The van der Waals surface area contributed by atoms with E-state index in [1.807, 2.05) is 30.3 Å². The van der Waals surface area contributed by atoms with Crippen LogP contribution in [0.4, 0.5) is 5.82 Å². The monoisotopic (exact) mass is 277 g/mol. The molecule has 0 bridgehead atoms. The summed E-state index contributed by atoms with van der Waals surface area (Å²) in [5.41, 5.74) is 9.79. The van der Waals surface area contributed by atoms with Gasteiger partial charge in [-0.05, 0) is 11.1 Å². The fourth-order valence-corrected chi connectivity index (χ4v) is 2.25. The van der Waals surface area contributed by atoms with Gasteiger partial charge in [-0.1, -0.05) is 54.6 Å². The Bertz CT molecular complexity index is 740. The van der Waals surface area contributed by atoms with Crippen molar-refractivity contribution in [1.29, 1.82) is 0 Å². The van der Waals surface area contributed by atoms with E-state index in [-0.39, 0.29) is 0 Å². The van der Waals surface area contributed by atoms with E-state index in [0.717, 1.165) is 11.1 Å². The maximum Gasteiger partial charge on any atom is 0.187 e. The molecule has 0 aliphatic carbocycles. The molecule has 0 aliphatic rings. The Morgan fingerprint density at radius 2 is 1.43 bits per heavy atom. The number of anilines is 1. The molecule has 0 saturated heterocycles. The van der Waals surface area contributed by atoms with Crippen molar-refractivity contribution >= 4 is 5.82 Å². The van der Waals surface area contributed by atoms with Crippen LogP contribution in [0.25, 0.3) is 22.4 Å². The molecule has 1 heterocycles. The fourth-order valence-electron chi connectivity index (χ4n) is 2.25. The van der Waals surface area contributed by atoms with Crippen LogP contribution in [0.2, 0.25) is 0 Å². The molecule has 0 spiro atoms. The van der Waals surface area contributed by atoms with Gasteiger partial charge in [0.1, 0.15) is 12.0 Å². The lowest BCUT2D eigenvalue weighted by molar-refractivity contribution is 0.415. The molecule has 0 fully saturated rings. The van der Waals surface area contributed by atoms with Crippen LogP contribution in [0.15, 0.2) is 60.9 Å². The summed E-state index contributed by atoms with van der Waals surface area (Å²) in [6.45, 7) is 0. The maximum absolute atomic E-state index is 5.81. The number of nitrogen functional groups attached to an aromatic ring is 1. The first-order valence-corrected chi connectivity index (χ1v) is 6.60. The highest BCUT2D eigenvalue weighted by Crippen LogP contribution is 2.32. The minimum atomic E-state index is 0.342. The van der Waals surface area contributed by atoms with Crippen molar-refractivity contribution in [3.05, 3.63) is 60.9 Å². The lowest BCUT2D eigenvalue weighted by Gasteiger charge is -2.09. The zero-order valence-electron chi connectivity index (χ0n) is 11.7. The molecule has 2 N–H and O–H groups in total. The highest BCUT2D eigenvalue weighted by atomic mass is 16.5. The molecule has 4 nitrogen and oxygen atoms in total. The normalized spacial score (nSPS) is 10.3. The average Bonchev–Trinajstić information content (AvgIpc) is 2.55. The van der Waals surface area contributed by atoms with Crippen LogP contribution in [0.1, 0.15) is 0 Å². The molecule has 104 valence electrons. The van der Waals surface area contributed by atoms with Crippen LogP contribution >= 0.6 is 0 Å². The third kappa shape index (κ3) is 2.56. The van der Waals surface area contributed by atoms with Crippen molar-refractivity contribution in [2.24, 2.45) is 0 Å². The first-order chi connectivity index (χ1) is 10.3. The molecule has 1 aromatic heterocycles. The van der Waals surface area contributed by atoms with Gasteiger partial charge in [0.25, 0.3) is 0 Å². The van der Waals surface area contributed by atoms with Gasteiger partial charge in [0, 0.05) is 5.56 Å². The Labute approximate surface area is 123 Å². The number of ether oxygens (including phenoxy) is 1. The summed E-state index contributed by atoms with van der Waals surface area (Å²) < 4.78 is 5.30. The quantitative estimate of drug-likeness (QED) is 0.797. The summed E-state index contributed by atoms with van der Waals surface area (Å²) in [4.78, 5) is 8.21. The molecule has 2 aromatic carbocycles. The summed E-state index contributed by atoms with van der Waals surface area (Å²) in [7, 11) is 1.57. The molecule has 0 atom stereocenters. The third-order valence-electron chi connectivity index (χ3n) is 3.30. The van der Waals surface area contributed by atoms with E-state index in [9.17, 15) is 0 Å². The van der Waals surface area contributed by atoms with E-state index in [1.165, 1.54) is 11.9 Å². The van der Waals surface area contributed by atoms with E-state index >= 15 is 0 Å². The summed E-state index contributed by atoms with van der Waals surface area (Å²) in [6, 6.07) is 18.3. The van der Waals surface area contributed by atoms with Crippen molar-refractivity contribution in [2.75, 3.05) is 12.8 Å². The predicted octanol–water partition coefficient (Wildman–Crippen LogP) is 3.40. The second-order valence-electron chi connectivity index (χ2n) is 4.58. The largest absolute Gasteiger partial charge is 0.491 e. The van der Waals surface area contributed by atoms with Gasteiger partial charge in [0.2, 0.25) is 0 Å². The number of rotatable bonds is 3. The maximum atomic E-state index is 5.81. The lowest BCUT2D eigenvalue weighted by Crippen LogP contribution is -1.99. The van der Waals surface area contributed by atoms with E-state index in [2.05, 4.69) is 34.2 Å². The molecule has 21 heavy (non-hydrogen) atoms. The summed E-state index contributed by atoms with van der Waals surface area (Å²) in [6.07, 6.45) is 1.44. The minimum absolute atomic E-state index is 0.342. The number of nitrogens with zero attached hydrogens (tertiary/aromatic N) is 2. The molecule has 4 heteroatoms. The summed E-state index contributed by atoms with van der Waals surface area (Å²) in [5.74, 6) is 0.847. The number of aromatic nitrogens is 2. The number of benzene rings is 2.